The van der Waals surface area contributed by atoms with Gasteiger partial charge in [-0.3, -0.25) is 0 Å². The first-order valence-electron chi connectivity index (χ1n) is 8.10. The second-order valence-corrected chi connectivity index (χ2v) is 5.72. The van der Waals surface area contributed by atoms with E-state index in [0.717, 1.165) is 0 Å². The number of benzene rings is 3. The summed E-state index contributed by atoms with van der Waals surface area (Å²) < 4.78 is 39.0. The first-order valence-corrected chi connectivity index (χ1v) is 8.10. The molecule has 4 rings (SSSR count). The van der Waals surface area contributed by atoms with Crippen molar-refractivity contribution >= 4 is 7.25 Å². The molecule has 0 heterocycles. The van der Waals surface area contributed by atoms with E-state index in [1.165, 1.54) is 33.4 Å². The van der Waals surface area contributed by atoms with Gasteiger partial charge in [0, 0.05) is 0 Å². The Bertz CT molecular complexity index is 782. The zero-order valence-electron chi connectivity index (χ0n) is 13.7. The van der Waals surface area contributed by atoms with Gasteiger partial charge in [-0.15, -0.1) is 0 Å². The quantitative estimate of drug-likeness (QED) is 0.208. The maximum Gasteiger partial charge on any atom is 0.673 e. The fourth-order valence-electron chi connectivity index (χ4n) is 2.87. The van der Waals surface area contributed by atoms with Crippen LogP contribution in [0.3, 0.4) is 0 Å². The molecule has 0 saturated carbocycles. The number of hydrogen-bond acceptors (Lipinski definition) is 0. The summed E-state index contributed by atoms with van der Waals surface area (Å²) in [7, 11) is -6.00. The lowest BCUT2D eigenvalue weighted by molar-refractivity contribution is 0.368. The molecule has 0 bridgehead atoms. The molecule has 0 nitrogen and oxygen atoms in total. The van der Waals surface area contributed by atoms with Gasteiger partial charge in [0.2, 0.25) is 0 Å². The second-order valence-electron chi connectivity index (χ2n) is 5.72. The Morgan fingerprint density at radius 3 is 1.15 bits per heavy atom. The van der Waals surface area contributed by atoms with E-state index >= 15 is 0 Å². The van der Waals surface area contributed by atoms with Gasteiger partial charge in [-0.2, -0.15) is 0 Å². The van der Waals surface area contributed by atoms with Crippen LogP contribution in [-0.4, -0.2) is 7.25 Å². The summed E-state index contributed by atoms with van der Waals surface area (Å²) in [6.45, 7) is 0. The molecule has 0 aliphatic rings. The molecule has 0 atom stereocenters. The van der Waals surface area contributed by atoms with Crippen LogP contribution in [0.4, 0.5) is 17.3 Å². The minimum atomic E-state index is -6.00. The van der Waals surface area contributed by atoms with Gasteiger partial charge >= 0.3 is 7.25 Å². The predicted molar refractivity (Wildman–Crippen MR) is 99.7 cm³/mol. The molecular formula is C21H15BF4. The third kappa shape index (κ3) is 4.57. The summed E-state index contributed by atoms with van der Waals surface area (Å²) in [6.07, 6.45) is 0. The fourth-order valence-corrected chi connectivity index (χ4v) is 2.87. The molecule has 0 amide bonds. The molecule has 0 unspecified atom stereocenters. The van der Waals surface area contributed by atoms with Crippen LogP contribution in [-0.2, 0) is 0 Å². The van der Waals surface area contributed by atoms with Crippen LogP contribution in [0.25, 0.3) is 33.4 Å². The summed E-state index contributed by atoms with van der Waals surface area (Å²) in [5.74, 6) is 0. The van der Waals surface area contributed by atoms with E-state index in [0.29, 0.717) is 0 Å². The van der Waals surface area contributed by atoms with Crippen molar-refractivity contribution in [3.05, 3.63) is 91.0 Å². The molecule has 0 aromatic heterocycles. The standard InChI is InChI=1S/C21H15.BF4/c1-4-10-16(11-5-1)19-20(17-12-6-2-7-13-17)21(19)18-14-8-3-9-15-18;2-1(3,4)5/h1-15H;/q+1;-1. The first kappa shape index (κ1) is 17.9. The molecule has 0 spiro atoms. The number of hydrogen-bond donors (Lipinski definition) is 0. The van der Waals surface area contributed by atoms with Crippen LogP contribution in [0.1, 0.15) is 0 Å². The van der Waals surface area contributed by atoms with E-state index in [-0.39, 0.29) is 0 Å². The number of rotatable bonds is 3. The molecule has 4 aromatic rings. The van der Waals surface area contributed by atoms with Crippen molar-refractivity contribution in [1.29, 1.82) is 0 Å². The highest BCUT2D eigenvalue weighted by Crippen LogP contribution is 2.54. The average molecular weight is 354 g/mol. The van der Waals surface area contributed by atoms with E-state index < -0.39 is 7.25 Å². The smallest absolute Gasteiger partial charge is 0.418 e. The molecule has 5 heteroatoms. The molecular weight excluding hydrogens is 339 g/mol. The minimum Gasteiger partial charge on any atom is -0.418 e. The van der Waals surface area contributed by atoms with Crippen LogP contribution in [0, 0.1) is 0 Å². The summed E-state index contributed by atoms with van der Waals surface area (Å²) in [5, 5.41) is 0. The maximum absolute atomic E-state index is 9.75. The molecule has 0 aliphatic carbocycles. The normalized spacial score (nSPS) is 11.1. The van der Waals surface area contributed by atoms with Gasteiger partial charge in [0.15, 0.2) is 0 Å². The Morgan fingerprint density at radius 1 is 0.500 bits per heavy atom. The highest BCUT2D eigenvalue weighted by atomic mass is 19.5. The van der Waals surface area contributed by atoms with Gasteiger partial charge in [-0.25, -0.2) is 0 Å². The van der Waals surface area contributed by atoms with Gasteiger partial charge in [0.25, 0.3) is 0 Å². The van der Waals surface area contributed by atoms with Crippen molar-refractivity contribution in [3.8, 4) is 33.4 Å². The van der Waals surface area contributed by atoms with Gasteiger partial charge in [0.1, 0.15) is 16.7 Å². The Labute approximate surface area is 149 Å². The summed E-state index contributed by atoms with van der Waals surface area (Å²) in [6, 6.07) is 31.9. The molecule has 0 fully saturated rings. The Hall–Kier alpha value is -2.95. The summed E-state index contributed by atoms with van der Waals surface area (Å²) >= 11 is 0. The van der Waals surface area contributed by atoms with Crippen molar-refractivity contribution in [2.75, 3.05) is 0 Å². The van der Waals surface area contributed by atoms with Gasteiger partial charge in [-0.1, -0.05) is 42.5 Å². The highest BCUT2D eigenvalue weighted by molar-refractivity contribution is 6.50. The Balaban J connectivity index is 0.000000349. The molecule has 0 saturated heterocycles. The van der Waals surface area contributed by atoms with Crippen LogP contribution in [0.5, 0.6) is 0 Å². The van der Waals surface area contributed by atoms with E-state index in [2.05, 4.69) is 91.0 Å². The lowest BCUT2D eigenvalue weighted by Gasteiger charge is -1.94. The van der Waals surface area contributed by atoms with E-state index in [9.17, 15) is 17.3 Å². The van der Waals surface area contributed by atoms with Crippen molar-refractivity contribution < 1.29 is 17.3 Å². The van der Waals surface area contributed by atoms with Crippen LogP contribution in [0.15, 0.2) is 91.0 Å². The van der Waals surface area contributed by atoms with Gasteiger partial charge in [-0.05, 0) is 48.5 Å². The number of halogens is 4. The van der Waals surface area contributed by atoms with Crippen molar-refractivity contribution in [2.24, 2.45) is 0 Å². The zero-order valence-corrected chi connectivity index (χ0v) is 13.7. The molecule has 0 N–H and O–H groups in total. The predicted octanol–water partition coefficient (Wildman–Crippen LogP) is 7.14. The fraction of sp³-hybridized carbons (Fsp3) is 0. The van der Waals surface area contributed by atoms with E-state index in [1.54, 1.807) is 0 Å². The topological polar surface area (TPSA) is 0 Å². The Morgan fingerprint density at radius 2 is 0.808 bits per heavy atom. The van der Waals surface area contributed by atoms with E-state index in [1.807, 2.05) is 0 Å². The van der Waals surface area contributed by atoms with Crippen molar-refractivity contribution in [2.45, 2.75) is 0 Å². The summed E-state index contributed by atoms with van der Waals surface area (Å²) in [5.41, 5.74) is 8.05. The average Bonchev–Trinajstić information content (AvgIpc) is 3.38. The third-order valence-corrected chi connectivity index (χ3v) is 3.87. The van der Waals surface area contributed by atoms with E-state index in [4.69, 9.17) is 0 Å². The lowest BCUT2D eigenvalue weighted by Crippen LogP contribution is -2.02. The summed E-state index contributed by atoms with van der Waals surface area (Å²) in [4.78, 5) is 0. The van der Waals surface area contributed by atoms with Gasteiger partial charge < -0.3 is 17.3 Å². The molecule has 130 valence electrons. The third-order valence-electron chi connectivity index (χ3n) is 3.87. The molecule has 0 radical (unpaired) electrons. The monoisotopic (exact) mass is 354 g/mol. The second kappa shape index (κ2) is 7.52. The molecule has 26 heavy (non-hydrogen) atoms. The van der Waals surface area contributed by atoms with Crippen LogP contribution < -0.4 is 0 Å². The molecule has 4 aromatic carbocycles. The van der Waals surface area contributed by atoms with Crippen LogP contribution >= 0.6 is 0 Å². The SMILES string of the molecule is F[B-](F)(F)F.c1ccc(-c2c(-c3ccccc3)[c+]2-c2ccccc2)cc1. The largest absolute Gasteiger partial charge is 0.673 e. The van der Waals surface area contributed by atoms with Gasteiger partial charge in [0.05, 0.1) is 16.7 Å². The first-order chi connectivity index (χ1) is 12.4. The van der Waals surface area contributed by atoms with Crippen molar-refractivity contribution in [1.82, 2.24) is 0 Å². The van der Waals surface area contributed by atoms with Crippen LogP contribution in [0.2, 0.25) is 0 Å². The maximum atomic E-state index is 9.75. The molecule has 0 aliphatic heterocycles. The van der Waals surface area contributed by atoms with Crippen molar-refractivity contribution in [3.63, 3.8) is 0 Å². The zero-order chi connectivity index (χ0) is 18.6. The minimum absolute atomic E-state index is 1.30. The Kier molecular flexibility index (Phi) is 5.17. The highest BCUT2D eigenvalue weighted by Gasteiger charge is 2.37. The lowest BCUT2D eigenvalue weighted by atomic mass is 10.1.